The summed E-state index contributed by atoms with van der Waals surface area (Å²) in [6.07, 6.45) is 9.04. The molecule has 1 aromatic carbocycles. The smallest absolute Gasteiger partial charge is 0.328 e. The molecule has 0 amide bonds. The van der Waals surface area contributed by atoms with Gasteiger partial charge in [0.05, 0.1) is 0 Å². The first kappa shape index (κ1) is 18.0. The summed E-state index contributed by atoms with van der Waals surface area (Å²) < 4.78 is 0. The molecule has 2 atom stereocenters. The normalized spacial score (nSPS) is 27.2. The van der Waals surface area contributed by atoms with Crippen molar-refractivity contribution in [3.8, 4) is 0 Å². The van der Waals surface area contributed by atoms with Crippen molar-refractivity contribution >= 4 is 5.97 Å². The highest BCUT2D eigenvalue weighted by Crippen LogP contribution is 2.52. The number of rotatable bonds is 4. The van der Waals surface area contributed by atoms with Crippen LogP contribution in [0.5, 0.6) is 0 Å². The molecule has 0 saturated heterocycles. The number of hydrogen-bond donors (Lipinski definition) is 1. The molecule has 0 aromatic heterocycles. The molecule has 134 valence electrons. The maximum atomic E-state index is 10.7. The minimum absolute atomic E-state index is 0.252. The average Bonchev–Trinajstić information content (AvgIpc) is 3.29. The Balaban J connectivity index is 1.80. The van der Waals surface area contributed by atoms with E-state index < -0.39 is 5.97 Å². The van der Waals surface area contributed by atoms with Crippen LogP contribution in [0.4, 0.5) is 0 Å². The van der Waals surface area contributed by atoms with Crippen molar-refractivity contribution in [1.82, 2.24) is 0 Å². The fourth-order valence-electron chi connectivity index (χ4n) is 4.17. The van der Waals surface area contributed by atoms with Gasteiger partial charge in [-0.1, -0.05) is 58.0 Å². The van der Waals surface area contributed by atoms with Crippen molar-refractivity contribution in [1.29, 1.82) is 0 Å². The molecule has 0 heterocycles. The summed E-state index contributed by atoms with van der Waals surface area (Å²) in [6.45, 7) is 11.3. The zero-order valence-electron chi connectivity index (χ0n) is 16.1. The first-order chi connectivity index (χ1) is 11.6. The topological polar surface area (TPSA) is 37.3 Å². The van der Waals surface area contributed by atoms with Crippen LogP contribution in [0.1, 0.15) is 76.5 Å². The predicted octanol–water partition coefficient (Wildman–Crippen LogP) is 5.73. The molecule has 2 nitrogen and oxygen atoms in total. The van der Waals surface area contributed by atoms with Crippen LogP contribution >= 0.6 is 0 Å². The fourth-order valence-corrected chi connectivity index (χ4v) is 4.17. The lowest BCUT2D eigenvalue weighted by atomic mass is 9.63. The van der Waals surface area contributed by atoms with Gasteiger partial charge >= 0.3 is 5.97 Å². The summed E-state index contributed by atoms with van der Waals surface area (Å²) >= 11 is 0. The Morgan fingerprint density at radius 1 is 1.12 bits per heavy atom. The molecule has 0 spiro atoms. The molecule has 2 aliphatic rings. The summed E-state index contributed by atoms with van der Waals surface area (Å²) in [5.74, 6) is 0.240. The molecule has 3 rings (SSSR count). The van der Waals surface area contributed by atoms with E-state index in [0.29, 0.717) is 11.8 Å². The largest absolute Gasteiger partial charge is 0.478 e. The SMILES string of the molecule is CC(C=C[C@@H]1C[C@@H]1c1ccc2c(c1)C(C)(C)CCC2(C)C)=CC(=O)O. The fraction of sp³-hybridized carbons (Fsp3) is 0.522. The van der Waals surface area contributed by atoms with Crippen LogP contribution in [-0.4, -0.2) is 11.1 Å². The van der Waals surface area contributed by atoms with E-state index in [9.17, 15) is 4.79 Å². The molecule has 25 heavy (non-hydrogen) atoms. The monoisotopic (exact) mass is 338 g/mol. The Labute approximate surface area is 151 Å². The van der Waals surface area contributed by atoms with Crippen LogP contribution in [0, 0.1) is 5.92 Å². The van der Waals surface area contributed by atoms with Gasteiger partial charge in [0.25, 0.3) is 0 Å². The molecule has 2 aliphatic carbocycles. The number of carboxylic acids is 1. The van der Waals surface area contributed by atoms with Crippen molar-refractivity contribution < 1.29 is 9.90 Å². The summed E-state index contributed by atoms with van der Waals surface area (Å²) in [5, 5.41) is 8.79. The highest BCUT2D eigenvalue weighted by molar-refractivity contribution is 5.81. The third-order valence-corrected chi connectivity index (χ3v) is 6.10. The van der Waals surface area contributed by atoms with Crippen molar-refractivity contribution in [2.45, 2.75) is 70.6 Å². The first-order valence-electron chi connectivity index (χ1n) is 9.34. The maximum absolute atomic E-state index is 10.7. The van der Waals surface area contributed by atoms with E-state index in [4.69, 9.17) is 5.11 Å². The molecule has 0 aliphatic heterocycles. The summed E-state index contributed by atoms with van der Waals surface area (Å²) in [5.41, 5.74) is 5.80. The van der Waals surface area contributed by atoms with E-state index in [1.807, 2.05) is 13.0 Å². The number of carbonyl (C=O) groups is 1. The van der Waals surface area contributed by atoms with Crippen molar-refractivity contribution in [3.63, 3.8) is 0 Å². The Kier molecular flexibility index (Phi) is 4.43. The zero-order valence-corrected chi connectivity index (χ0v) is 16.1. The van der Waals surface area contributed by atoms with E-state index in [-0.39, 0.29) is 10.8 Å². The molecule has 1 fully saturated rings. The van der Waals surface area contributed by atoms with Crippen molar-refractivity contribution in [3.05, 3.63) is 58.7 Å². The number of fused-ring (bicyclic) bond motifs is 1. The minimum Gasteiger partial charge on any atom is -0.478 e. The first-order valence-corrected chi connectivity index (χ1v) is 9.34. The number of aliphatic carboxylic acids is 1. The molecule has 1 N–H and O–H groups in total. The minimum atomic E-state index is -0.881. The van der Waals surface area contributed by atoms with Gasteiger partial charge < -0.3 is 5.11 Å². The predicted molar refractivity (Wildman–Crippen MR) is 103 cm³/mol. The Morgan fingerprint density at radius 3 is 2.40 bits per heavy atom. The van der Waals surface area contributed by atoms with E-state index >= 15 is 0 Å². The van der Waals surface area contributed by atoms with E-state index in [0.717, 1.165) is 5.57 Å². The number of allylic oxidation sites excluding steroid dienone is 3. The number of benzene rings is 1. The van der Waals surface area contributed by atoms with Gasteiger partial charge in [-0.15, -0.1) is 0 Å². The second-order valence-electron chi connectivity index (χ2n) is 9.16. The van der Waals surface area contributed by atoms with Gasteiger partial charge in [0.1, 0.15) is 0 Å². The zero-order chi connectivity index (χ0) is 18.4. The molecular formula is C23H30O2. The van der Waals surface area contributed by atoms with E-state index in [1.54, 1.807) is 0 Å². The van der Waals surface area contributed by atoms with Crippen LogP contribution < -0.4 is 0 Å². The molecular weight excluding hydrogens is 308 g/mol. The Morgan fingerprint density at radius 2 is 1.76 bits per heavy atom. The Hall–Kier alpha value is -1.83. The lowest BCUT2D eigenvalue weighted by Crippen LogP contribution is -2.33. The molecule has 0 radical (unpaired) electrons. The molecule has 0 bridgehead atoms. The molecule has 2 heteroatoms. The van der Waals surface area contributed by atoms with Crippen LogP contribution in [0.15, 0.2) is 42.0 Å². The van der Waals surface area contributed by atoms with Crippen molar-refractivity contribution in [2.75, 3.05) is 0 Å². The lowest BCUT2D eigenvalue weighted by molar-refractivity contribution is -0.131. The number of hydrogen-bond acceptors (Lipinski definition) is 1. The summed E-state index contributed by atoms with van der Waals surface area (Å²) in [4.78, 5) is 10.7. The highest BCUT2D eigenvalue weighted by Gasteiger charge is 2.40. The van der Waals surface area contributed by atoms with Crippen LogP contribution in [0.3, 0.4) is 0 Å². The third kappa shape index (κ3) is 3.73. The standard InChI is InChI=1S/C23H30O2/c1-15(12-21(24)25)6-7-16-13-18(16)17-8-9-19-20(14-17)23(4,5)11-10-22(19,2)3/h6-9,12,14,16,18H,10-11,13H2,1-5H3,(H,24,25)/t16-,18+/m1/s1. The third-order valence-electron chi connectivity index (χ3n) is 6.10. The summed E-state index contributed by atoms with van der Waals surface area (Å²) in [7, 11) is 0. The molecule has 1 saturated carbocycles. The second kappa shape index (κ2) is 6.16. The molecule has 0 unspecified atom stereocenters. The van der Waals surface area contributed by atoms with Crippen molar-refractivity contribution in [2.24, 2.45) is 5.92 Å². The van der Waals surface area contributed by atoms with Gasteiger partial charge in [0.15, 0.2) is 0 Å². The van der Waals surface area contributed by atoms with Gasteiger partial charge in [-0.05, 0) is 71.1 Å². The van der Waals surface area contributed by atoms with E-state index in [2.05, 4.69) is 52.0 Å². The lowest BCUT2D eigenvalue weighted by Gasteiger charge is -2.42. The maximum Gasteiger partial charge on any atom is 0.328 e. The van der Waals surface area contributed by atoms with Crippen LogP contribution in [0.2, 0.25) is 0 Å². The van der Waals surface area contributed by atoms with Gasteiger partial charge in [-0.3, -0.25) is 0 Å². The quantitative estimate of drug-likeness (QED) is 0.562. The van der Waals surface area contributed by atoms with Gasteiger partial charge in [0, 0.05) is 6.08 Å². The van der Waals surface area contributed by atoms with E-state index in [1.165, 1.54) is 42.0 Å². The summed E-state index contributed by atoms with van der Waals surface area (Å²) in [6, 6.07) is 7.13. The second-order valence-corrected chi connectivity index (χ2v) is 9.16. The van der Waals surface area contributed by atoms with Gasteiger partial charge in [-0.2, -0.15) is 0 Å². The number of carboxylic acid groups (broad SMARTS) is 1. The van der Waals surface area contributed by atoms with Crippen LogP contribution in [0.25, 0.3) is 0 Å². The van der Waals surface area contributed by atoms with Crippen LogP contribution in [-0.2, 0) is 15.6 Å². The Bertz CT molecular complexity index is 749. The highest BCUT2D eigenvalue weighted by atomic mass is 16.4. The van der Waals surface area contributed by atoms with Gasteiger partial charge in [-0.25, -0.2) is 4.79 Å². The molecule has 1 aromatic rings. The average molecular weight is 338 g/mol. The van der Waals surface area contributed by atoms with Gasteiger partial charge in [0.2, 0.25) is 0 Å².